The van der Waals surface area contributed by atoms with Gasteiger partial charge in [0.05, 0.1) is 24.3 Å². The minimum absolute atomic E-state index is 0.0491. The number of nitrogens with zero attached hydrogens (tertiary/aromatic N) is 3. The summed E-state index contributed by atoms with van der Waals surface area (Å²) in [5, 5.41) is 7.30. The molecule has 120 valence electrons. The van der Waals surface area contributed by atoms with E-state index in [0.717, 1.165) is 40.4 Å². The van der Waals surface area contributed by atoms with Crippen LogP contribution < -0.4 is 4.74 Å². The lowest BCUT2D eigenvalue weighted by Crippen LogP contribution is -2.36. The Balaban J connectivity index is 1.49. The Hall–Kier alpha value is -3.09. The summed E-state index contributed by atoms with van der Waals surface area (Å²) >= 11 is 0. The number of aromatic nitrogens is 4. The first-order valence-electron chi connectivity index (χ1n) is 7.91. The highest BCUT2D eigenvalue weighted by molar-refractivity contribution is 5.96. The van der Waals surface area contributed by atoms with Gasteiger partial charge in [-0.05, 0) is 12.1 Å². The molecule has 24 heavy (non-hydrogen) atoms. The van der Waals surface area contributed by atoms with E-state index >= 15 is 0 Å². The number of aromatic amines is 2. The van der Waals surface area contributed by atoms with Gasteiger partial charge in [-0.25, -0.2) is 4.98 Å². The molecule has 1 amide bonds. The molecule has 2 aliphatic rings. The largest absolute Gasteiger partial charge is 0.488 e. The van der Waals surface area contributed by atoms with Crippen molar-refractivity contribution in [2.24, 2.45) is 0 Å². The molecule has 0 radical (unpaired) electrons. The fourth-order valence-electron chi connectivity index (χ4n) is 3.39. The molecule has 0 saturated carbocycles. The van der Waals surface area contributed by atoms with Crippen molar-refractivity contribution in [3.05, 3.63) is 53.2 Å². The van der Waals surface area contributed by atoms with Gasteiger partial charge in [0.1, 0.15) is 23.7 Å². The van der Waals surface area contributed by atoms with Crippen LogP contribution >= 0.6 is 0 Å². The van der Waals surface area contributed by atoms with Gasteiger partial charge in [-0.15, -0.1) is 0 Å². The average Bonchev–Trinajstić information content (AvgIpc) is 3.27. The van der Waals surface area contributed by atoms with Crippen LogP contribution in [-0.2, 0) is 19.6 Å². The number of carbonyl (C=O) groups excluding carboxylic acids is 1. The summed E-state index contributed by atoms with van der Waals surface area (Å²) in [4.78, 5) is 22.1. The standard InChI is InChI=1S/C17H15N5O2/c23-17(22-6-5-12-13(7-22)19-9-18-12)16-11-8-24-14-4-2-1-3-10(14)15(11)20-21-16/h1-4,9H,5-8H2,(H,18,19)(H,20,21). The number of hydrogen-bond donors (Lipinski definition) is 2. The molecule has 0 spiro atoms. The Morgan fingerprint density at radius 1 is 1.29 bits per heavy atom. The Kier molecular flexibility index (Phi) is 2.76. The summed E-state index contributed by atoms with van der Waals surface area (Å²) in [7, 11) is 0. The van der Waals surface area contributed by atoms with Crippen LogP contribution in [0.1, 0.15) is 27.4 Å². The van der Waals surface area contributed by atoms with Gasteiger partial charge >= 0.3 is 0 Å². The van der Waals surface area contributed by atoms with Crippen LogP contribution in [0.3, 0.4) is 0 Å². The minimum Gasteiger partial charge on any atom is -0.488 e. The van der Waals surface area contributed by atoms with Crippen LogP contribution in [0.15, 0.2) is 30.6 Å². The number of H-pyrrole nitrogens is 2. The van der Waals surface area contributed by atoms with E-state index < -0.39 is 0 Å². The summed E-state index contributed by atoms with van der Waals surface area (Å²) < 4.78 is 5.78. The predicted molar refractivity (Wildman–Crippen MR) is 85.4 cm³/mol. The van der Waals surface area contributed by atoms with E-state index in [-0.39, 0.29) is 5.91 Å². The van der Waals surface area contributed by atoms with Gasteiger partial charge in [0, 0.05) is 24.1 Å². The molecule has 7 nitrogen and oxygen atoms in total. The van der Waals surface area contributed by atoms with Crippen molar-refractivity contribution in [3.63, 3.8) is 0 Å². The van der Waals surface area contributed by atoms with Crippen molar-refractivity contribution >= 4 is 5.91 Å². The molecule has 0 saturated heterocycles. The molecule has 3 aromatic rings. The normalized spacial score (nSPS) is 15.2. The van der Waals surface area contributed by atoms with Gasteiger partial charge in [-0.2, -0.15) is 5.10 Å². The molecule has 0 atom stereocenters. The summed E-state index contributed by atoms with van der Waals surface area (Å²) in [5.74, 6) is 0.752. The lowest BCUT2D eigenvalue weighted by molar-refractivity contribution is 0.0723. The van der Waals surface area contributed by atoms with E-state index in [1.165, 1.54) is 0 Å². The molecule has 0 aliphatic carbocycles. The third-order valence-electron chi connectivity index (χ3n) is 4.66. The number of imidazole rings is 1. The zero-order valence-electron chi connectivity index (χ0n) is 12.9. The van der Waals surface area contributed by atoms with Crippen LogP contribution in [0.5, 0.6) is 5.75 Å². The second kappa shape index (κ2) is 4.95. The Morgan fingerprint density at radius 2 is 2.21 bits per heavy atom. The number of benzene rings is 1. The van der Waals surface area contributed by atoms with Crippen LogP contribution in [-0.4, -0.2) is 37.5 Å². The molecule has 2 aliphatic heterocycles. The number of amides is 1. The second-order valence-corrected chi connectivity index (χ2v) is 6.02. The Bertz CT molecular complexity index is 942. The highest BCUT2D eigenvalue weighted by Crippen LogP contribution is 2.37. The first kappa shape index (κ1) is 13.4. The molecule has 0 unspecified atom stereocenters. The lowest BCUT2D eigenvalue weighted by Gasteiger charge is -2.26. The number of nitrogens with one attached hydrogen (secondary N) is 2. The summed E-state index contributed by atoms with van der Waals surface area (Å²) in [6, 6.07) is 7.75. The number of ether oxygens (including phenoxy) is 1. The Labute approximate surface area is 137 Å². The summed E-state index contributed by atoms with van der Waals surface area (Å²) in [6.07, 6.45) is 2.45. The number of para-hydroxylation sites is 1. The van der Waals surface area contributed by atoms with E-state index in [9.17, 15) is 4.79 Å². The third kappa shape index (κ3) is 1.87. The van der Waals surface area contributed by atoms with E-state index in [4.69, 9.17) is 4.74 Å². The maximum absolute atomic E-state index is 12.9. The fourth-order valence-corrected chi connectivity index (χ4v) is 3.39. The van der Waals surface area contributed by atoms with E-state index in [1.807, 2.05) is 29.2 Å². The quantitative estimate of drug-likeness (QED) is 0.716. The molecule has 7 heteroatoms. The van der Waals surface area contributed by atoms with Crippen molar-refractivity contribution in [3.8, 4) is 17.0 Å². The first-order chi connectivity index (χ1) is 11.8. The van der Waals surface area contributed by atoms with E-state index in [2.05, 4.69) is 20.2 Å². The zero-order valence-corrected chi connectivity index (χ0v) is 12.9. The predicted octanol–water partition coefficient (Wildman–Crippen LogP) is 1.89. The lowest BCUT2D eigenvalue weighted by atomic mass is 10.0. The molecule has 5 rings (SSSR count). The van der Waals surface area contributed by atoms with Crippen LogP contribution in [0.4, 0.5) is 0 Å². The second-order valence-electron chi connectivity index (χ2n) is 6.02. The summed E-state index contributed by atoms with van der Waals surface area (Å²) in [6.45, 7) is 1.55. The molecule has 2 N–H and O–H groups in total. The van der Waals surface area contributed by atoms with Crippen molar-refractivity contribution < 1.29 is 9.53 Å². The maximum atomic E-state index is 12.9. The zero-order chi connectivity index (χ0) is 16.1. The topological polar surface area (TPSA) is 86.9 Å². The fraction of sp³-hybridized carbons (Fsp3) is 0.235. The molecule has 0 fully saturated rings. The smallest absolute Gasteiger partial charge is 0.272 e. The summed E-state index contributed by atoms with van der Waals surface area (Å²) in [5.41, 5.74) is 5.12. The van der Waals surface area contributed by atoms with Crippen molar-refractivity contribution in [2.45, 2.75) is 19.6 Å². The number of hydrogen-bond acceptors (Lipinski definition) is 4. The van der Waals surface area contributed by atoms with Gasteiger partial charge < -0.3 is 14.6 Å². The minimum atomic E-state index is -0.0491. The Morgan fingerprint density at radius 3 is 3.17 bits per heavy atom. The number of carbonyl (C=O) groups is 1. The van der Waals surface area contributed by atoms with Crippen molar-refractivity contribution in [1.29, 1.82) is 0 Å². The van der Waals surface area contributed by atoms with E-state index in [0.29, 0.717) is 25.4 Å². The van der Waals surface area contributed by atoms with Gasteiger partial charge in [0.25, 0.3) is 5.91 Å². The SMILES string of the molecule is O=C(c1[nH]nc2c1COc1ccccc1-2)N1CCc2nc[nH]c2C1. The van der Waals surface area contributed by atoms with Crippen LogP contribution in [0, 0.1) is 0 Å². The molecule has 1 aromatic carbocycles. The van der Waals surface area contributed by atoms with Gasteiger partial charge in [-0.3, -0.25) is 9.89 Å². The van der Waals surface area contributed by atoms with Crippen molar-refractivity contribution in [1.82, 2.24) is 25.1 Å². The number of rotatable bonds is 1. The average molecular weight is 321 g/mol. The monoisotopic (exact) mass is 321 g/mol. The maximum Gasteiger partial charge on any atom is 0.272 e. The van der Waals surface area contributed by atoms with Gasteiger partial charge in [-0.1, -0.05) is 12.1 Å². The van der Waals surface area contributed by atoms with Crippen LogP contribution in [0.25, 0.3) is 11.3 Å². The van der Waals surface area contributed by atoms with Gasteiger partial charge in [0.15, 0.2) is 0 Å². The highest BCUT2D eigenvalue weighted by Gasteiger charge is 2.30. The van der Waals surface area contributed by atoms with E-state index in [1.54, 1.807) is 6.33 Å². The molecular formula is C17H15N5O2. The number of fused-ring (bicyclic) bond motifs is 4. The third-order valence-corrected chi connectivity index (χ3v) is 4.66. The van der Waals surface area contributed by atoms with Gasteiger partial charge in [0.2, 0.25) is 0 Å². The molecule has 0 bridgehead atoms. The van der Waals surface area contributed by atoms with Crippen molar-refractivity contribution in [2.75, 3.05) is 6.54 Å². The molecule has 4 heterocycles. The van der Waals surface area contributed by atoms with Crippen LogP contribution in [0.2, 0.25) is 0 Å². The first-order valence-corrected chi connectivity index (χ1v) is 7.91. The molecule has 2 aromatic heterocycles. The highest BCUT2D eigenvalue weighted by atomic mass is 16.5. The molecular weight excluding hydrogens is 306 g/mol.